The summed E-state index contributed by atoms with van der Waals surface area (Å²) < 4.78 is 2.58. The summed E-state index contributed by atoms with van der Waals surface area (Å²) in [7, 11) is 0. The molecule has 0 unspecified atom stereocenters. The number of carbonyl (C=O) groups excluding carboxylic acids is 6. The van der Waals surface area contributed by atoms with E-state index in [0.29, 0.717) is 114 Å². The van der Waals surface area contributed by atoms with Gasteiger partial charge in [0, 0.05) is 59.5 Å². The lowest BCUT2D eigenvalue weighted by Gasteiger charge is -2.25. The molecule has 0 saturated heterocycles. The van der Waals surface area contributed by atoms with E-state index < -0.39 is 4.70 Å². The number of hydrogen-bond acceptors (Lipinski definition) is 8. The molecule has 0 spiro atoms. The van der Waals surface area contributed by atoms with Gasteiger partial charge in [-0.3, -0.25) is 33.8 Å². The minimum Gasteiger partial charge on any atom is -0.397 e. The van der Waals surface area contributed by atoms with Gasteiger partial charge in [0.25, 0.3) is 23.6 Å². The molecule has 12 nitrogen and oxygen atoms in total. The Balaban J connectivity index is 0.00000113. The topological polar surface area (TPSA) is 154 Å². The Bertz CT molecular complexity index is 2000. The third-order valence-corrected chi connectivity index (χ3v) is 14.2. The van der Waals surface area contributed by atoms with Gasteiger partial charge in [-0.15, -0.1) is 52.6 Å². The number of nitrogens with zero attached hydrogens (tertiary/aromatic N) is 5. The van der Waals surface area contributed by atoms with Crippen molar-refractivity contribution in [3.8, 4) is 0 Å². The van der Waals surface area contributed by atoms with Crippen molar-refractivity contribution < 1.29 is 28.8 Å². The summed E-state index contributed by atoms with van der Waals surface area (Å²) in [5.74, 6) is -0.990. The predicted molar refractivity (Wildman–Crippen MR) is 310 cm³/mol. The minimum absolute atomic E-state index is 0.218. The lowest BCUT2D eigenvalue weighted by atomic mass is 10.1. The highest BCUT2D eigenvalue weighted by Gasteiger charge is 2.32. The second kappa shape index (κ2) is 32.6. The maximum Gasteiger partial charge on any atom is 0.313 e. The molecule has 2 rings (SSSR count). The van der Waals surface area contributed by atoms with Gasteiger partial charge in [0.2, 0.25) is 0 Å². The van der Waals surface area contributed by atoms with Gasteiger partial charge in [-0.2, -0.15) is 0 Å². The Morgan fingerprint density at radius 2 is 0.667 bits per heavy atom. The van der Waals surface area contributed by atoms with Crippen molar-refractivity contribution in [1.82, 2.24) is 19.6 Å². The van der Waals surface area contributed by atoms with E-state index in [1.54, 1.807) is 68.2 Å². The van der Waals surface area contributed by atoms with Gasteiger partial charge in [0.15, 0.2) is 6.29 Å². The average molecular weight is 1570 g/mol. The van der Waals surface area contributed by atoms with Crippen LogP contribution in [0.2, 0.25) is 0 Å². The number of benzene rings is 2. The highest BCUT2D eigenvalue weighted by Crippen LogP contribution is 2.39. The zero-order valence-electron chi connectivity index (χ0n) is 33.9. The number of rotatable bonds is 22. The number of aldehydes is 1. The maximum atomic E-state index is 13.4. The molecule has 2 aromatic rings. The Kier molecular flexibility index (Phi) is 31.6. The van der Waals surface area contributed by atoms with E-state index in [0.717, 1.165) is 6.21 Å². The van der Waals surface area contributed by atoms with Crippen molar-refractivity contribution in [3.05, 3.63) is 145 Å². The van der Waals surface area contributed by atoms with E-state index >= 15 is 0 Å². The number of aliphatic imine (C=N–C) groups is 1. The predicted octanol–water partition coefficient (Wildman–Crippen LogP) is 11.3. The molecule has 63 heavy (non-hydrogen) atoms. The molecule has 0 fully saturated rings. The number of amides is 4. The van der Waals surface area contributed by atoms with Gasteiger partial charge in [-0.05, 0) is 159 Å². The molecule has 0 aliphatic heterocycles. The van der Waals surface area contributed by atoms with E-state index in [-0.39, 0.29) is 23.6 Å². The third-order valence-electron chi connectivity index (χ3n) is 7.71. The van der Waals surface area contributed by atoms with Crippen LogP contribution in [0, 0.1) is 21.4 Å². The third kappa shape index (κ3) is 18.0. The van der Waals surface area contributed by atoms with E-state index in [1.807, 2.05) is 67.8 Å². The summed E-state index contributed by atoms with van der Waals surface area (Å²) in [6.07, 6.45) is 14.8. The van der Waals surface area contributed by atoms with Crippen molar-refractivity contribution in [2.45, 2.75) is 0 Å². The molecule has 2 aromatic carbocycles. The minimum atomic E-state index is -0.889. The molecule has 20 heteroatoms. The van der Waals surface area contributed by atoms with Gasteiger partial charge in [0.05, 0.1) is 54.1 Å². The molecule has 0 heterocycles. The molecule has 0 atom stereocenters. The summed E-state index contributed by atoms with van der Waals surface area (Å²) in [6.45, 7) is 32.4. The summed E-state index contributed by atoms with van der Waals surface area (Å²) >= 11 is 21.1. The number of hydrogen-bond donors (Lipinski definition) is 1. The largest absolute Gasteiger partial charge is 0.397 e. The van der Waals surface area contributed by atoms with Gasteiger partial charge >= 0.3 is 4.70 Å². The Labute approximate surface area is 461 Å². The fraction of sp³-hybridized carbons (Fsp3) is 0.186. The fourth-order valence-electron chi connectivity index (χ4n) is 5.14. The van der Waals surface area contributed by atoms with Crippen LogP contribution in [-0.4, -0.2) is 113 Å². The van der Waals surface area contributed by atoms with Crippen LogP contribution in [0.3, 0.4) is 0 Å². The standard InChI is InChI=1S/C22H22I3N3O3.C20H22I3N3O2.CCl2O/c1-5-10-27(11-6-2)21(30)15-17(23)16(22(31)28(12-7-3)13-8-4)19(25)20(18(15)24)26-9-14-29;1-5-9-25(10-6-2)19(27)13-15(21)14(17(23)18(24)16(13)22)20(28)26(11-7-3)12-8-4;2-1(3)4/h5-9,14H,1-4,10-13H2;5-8H,1-4,9-12,24H2;. The number of nitrogen functional groups attached to an aromatic ring is 1. The zero-order valence-corrected chi connectivity index (χ0v) is 48.3. The molecular weight excluding hydrogens is 1530 g/mol. The number of nitrogens with two attached hydrogens (primary N) is 1. The Morgan fingerprint density at radius 1 is 0.460 bits per heavy atom. The highest BCUT2D eigenvalue weighted by atomic mass is 127. The average Bonchev–Trinajstić information content (AvgIpc) is 3.22. The van der Waals surface area contributed by atoms with Crippen molar-refractivity contribution in [2.24, 2.45) is 4.99 Å². The van der Waals surface area contributed by atoms with Gasteiger partial charge in [0.1, 0.15) is 0 Å². The second-order valence-electron chi connectivity index (χ2n) is 11.9. The van der Waals surface area contributed by atoms with Crippen molar-refractivity contribution in [2.75, 3.05) is 58.1 Å². The smallest absolute Gasteiger partial charge is 0.313 e. The van der Waals surface area contributed by atoms with Crippen LogP contribution in [0.1, 0.15) is 41.4 Å². The SMILES string of the molecule is C=CCN(CC=C)C(=O)c1c(I)c(N)c(I)c(C(=O)N(CC=C)CC=C)c1I.C=CCN(CC=C)C(=O)c1c(I)c(N=CC=O)c(I)c(C(=O)N(CC=C)CC=C)c1I.O=C(Cl)Cl. The quantitative estimate of drug-likeness (QED) is 0.0307. The maximum absolute atomic E-state index is 13.4. The first-order valence-corrected chi connectivity index (χ1v) is 25.1. The lowest BCUT2D eigenvalue weighted by Crippen LogP contribution is -2.35. The summed E-state index contributed by atoms with van der Waals surface area (Å²) in [6, 6.07) is 0. The van der Waals surface area contributed by atoms with Crippen LogP contribution in [0.5, 0.6) is 0 Å². The molecule has 0 saturated carbocycles. The first-order chi connectivity index (χ1) is 29.8. The zero-order chi connectivity index (χ0) is 48.6. The van der Waals surface area contributed by atoms with Crippen LogP contribution in [0.15, 0.2) is 106 Å². The Morgan fingerprint density at radius 3 is 0.857 bits per heavy atom. The van der Waals surface area contributed by atoms with Crippen LogP contribution >= 0.6 is 159 Å². The number of carbonyl (C=O) groups is 6. The molecule has 338 valence electrons. The summed E-state index contributed by atoms with van der Waals surface area (Å²) in [5, 5.41) is 0. The van der Waals surface area contributed by atoms with Crippen LogP contribution in [0.4, 0.5) is 16.2 Å². The van der Waals surface area contributed by atoms with E-state index in [2.05, 4.69) is 149 Å². The molecule has 0 radical (unpaired) electrons. The van der Waals surface area contributed by atoms with Crippen LogP contribution in [0.25, 0.3) is 0 Å². The molecular formula is C43H44Cl2I6N6O6. The lowest BCUT2D eigenvalue weighted by molar-refractivity contribution is -0.102. The number of halogens is 8. The van der Waals surface area contributed by atoms with Gasteiger partial charge in [-0.1, -0.05) is 48.6 Å². The molecule has 0 aliphatic carbocycles. The van der Waals surface area contributed by atoms with Crippen LogP contribution in [-0.2, 0) is 4.79 Å². The fourth-order valence-corrected chi connectivity index (χ4v) is 13.6. The molecule has 0 aromatic heterocycles. The molecule has 0 aliphatic rings. The van der Waals surface area contributed by atoms with E-state index in [9.17, 15) is 24.0 Å². The van der Waals surface area contributed by atoms with Crippen LogP contribution < -0.4 is 5.73 Å². The summed E-state index contributed by atoms with van der Waals surface area (Å²) in [5.41, 5.74) is 8.64. The second-order valence-corrected chi connectivity index (χ2v) is 19.3. The highest BCUT2D eigenvalue weighted by molar-refractivity contribution is 14.1. The molecule has 4 amide bonds. The van der Waals surface area contributed by atoms with E-state index in [4.69, 9.17) is 10.5 Å². The van der Waals surface area contributed by atoms with Gasteiger partial charge in [-0.25, -0.2) is 0 Å². The molecule has 0 bridgehead atoms. The summed E-state index contributed by atoms with van der Waals surface area (Å²) in [4.78, 5) is 83.8. The first-order valence-electron chi connectivity index (χ1n) is 17.8. The first kappa shape index (κ1) is 61.0. The number of anilines is 1. The van der Waals surface area contributed by atoms with Gasteiger partial charge < -0.3 is 25.3 Å². The van der Waals surface area contributed by atoms with Crippen molar-refractivity contribution >= 4 is 211 Å². The normalized spacial score (nSPS) is 10.0. The van der Waals surface area contributed by atoms with Crippen molar-refractivity contribution in [1.29, 1.82) is 0 Å². The van der Waals surface area contributed by atoms with Crippen molar-refractivity contribution in [3.63, 3.8) is 0 Å². The Hall–Kier alpha value is -1.99. The molecule has 2 N–H and O–H groups in total. The monoisotopic (exact) mass is 1570 g/mol. The van der Waals surface area contributed by atoms with E-state index in [1.165, 1.54) is 0 Å².